The average Bonchev–Trinajstić information content (AvgIpc) is 3.00. The fourth-order valence-electron chi connectivity index (χ4n) is 2.58. The number of hydrogen-bond donors (Lipinski definition) is 2. The van der Waals surface area contributed by atoms with Gasteiger partial charge in [-0.05, 0) is 54.1 Å². The van der Waals surface area contributed by atoms with Crippen LogP contribution < -0.4 is 5.32 Å². The Kier molecular flexibility index (Phi) is 4.56. The number of aromatic nitrogens is 4. The minimum atomic E-state index is -4.43. The highest BCUT2D eigenvalue weighted by molar-refractivity contribution is 5.91. The van der Waals surface area contributed by atoms with E-state index in [1.807, 2.05) is 0 Å². The van der Waals surface area contributed by atoms with Crippen LogP contribution in [-0.4, -0.2) is 31.3 Å². The monoisotopic (exact) mass is 377 g/mol. The molecule has 0 radical (unpaired) electrons. The van der Waals surface area contributed by atoms with Gasteiger partial charge in [-0.2, -0.15) is 18.0 Å². The Bertz CT molecular complexity index is 1010. The summed E-state index contributed by atoms with van der Waals surface area (Å²) in [6, 6.07) is 7.91. The molecule has 3 rings (SSSR count). The molecule has 0 atom stereocenters. The number of aryl methyl sites for hydroxylation is 2. The van der Waals surface area contributed by atoms with Crippen LogP contribution in [0.25, 0.3) is 11.4 Å². The van der Waals surface area contributed by atoms with E-state index in [9.17, 15) is 23.1 Å². The summed E-state index contributed by atoms with van der Waals surface area (Å²) in [5, 5.41) is 23.8. The summed E-state index contributed by atoms with van der Waals surface area (Å²) in [5.41, 5.74) is 0.576. The van der Waals surface area contributed by atoms with Crippen molar-refractivity contribution in [3.05, 3.63) is 53.1 Å². The van der Waals surface area contributed by atoms with Gasteiger partial charge in [0.2, 0.25) is 5.82 Å². The largest absolute Gasteiger partial charge is 0.478 e. The van der Waals surface area contributed by atoms with Crippen molar-refractivity contribution in [1.82, 2.24) is 20.2 Å². The molecule has 2 N–H and O–H groups in total. The zero-order valence-electron chi connectivity index (χ0n) is 14.2. The molecule has 0 bridgehead atoms. The van der Waals surface area contributed by atoms with E-state index in [1.54, 1.807) is 7.05 Å². The van der Waals surface area contributed by atoms with Gasteiger partial charge in [-0.15, -0.1) is 10.2 Å². The Hall–Kier alpha value is -3.43. The van der Waals surface area contributed by atoms with Crippen molar-refractivity contribution in [3.63, 3.8) is 0 Å². The fourth-order valence-corrected chi connectivity index (χ4v) is 2.58. The molecule has 2 aromatic carbocycles. The molecule has 1 heterocycles. The van der Waals surface area contributed by atoms with Crippen LogP contribution in [0, 0.1) is 6.92 Å². The third-order valence-electron chi connectivity index (χ3n) is 3.83. The molecule has 10 heteroatoms. The lowest BCUT2D eigenvalue weighted by Gasteiger charge is -2.14. The Morgan fingerprint density at radius 1 is 1.19 bits per heavy atom. The van der Waals surface area contributed by atoms with Crippen LogP contribution in [0.5, 0.6) is 0 Å². The number of hydrogen-bond acceptors (Lipinski definition) is 5. The number of carboxylic acids is 1. The van der Waals surface area contributed by atoms with Crippen LogP contribution >= 0.6 is 0 Å². The Morgan fingerprint density at radius 3 is 2.48 bits per heavy atom. The molecule has 3 aromatic rings. The third-order valence-corrected chi connectivity index (χ3v) is 3.83. The van der Waals surface area contributed by atoms with Crippen molar-refractivity contribution in [2.45, 2.75) is 13.1 Å². The summed E-state index contributed by atoms with van der Waals surface area (Å²) in [6.45, 7) is 1.37. The first-order valence-electron chi connectivity index (χ1n) is 7.72. The maximum absolute atomic E-state index is 12.9. The normalized spacial score (nSPS) is 11.4. The number of nitrogens with zero attached hydrogens (tertiary/aromatic N) is 4. The molecule has 0 fully saturated rings. The molecule has 0 unspecified atom stereocenters. The highest BCUT2D eigenvalue weighted by Crippen LogP contribution is 2.34. The molecule has 0 saturated carbocycles. The highest BCUT2D eigenvalue weighted by Gasteiger charge is 2.32. The van der Waals surface area contributed by atoms with Gasteiger partial charge in [0.25, 0.3) is 0 Å². The summed E-state index contributed by atoms with van der Waals surface area (Å²) in [5.74, 6) is -0.941. The Morgan fingerprint density at radius 2 is 1.93 bits per heavy atom. The fraction of sp³-hybridized carbons (Fsp3) is 0.176. The van der Waals surface area contributed by atoms with E-state index >= 15 is 0 Å². The number of nitrogens with one attached hydrogen (secondary N) is 1. The van der Waals surface area contributed by atoms with Crippen molar-refractivity contribution in [3.8, 4) is 11.4 Å². The zero-order chi connectivity index (χ0) is 19.8. The minimum Gasteiger partial charge on any atom is -0.478 e. The third kappa shape index (κ3) is 3.89. The second-order valence-electron chi connectivity index (χ2n) is 5.82. The number of benzene rings is 2. The summed E-state index contributed by atoms with van der Waals surface area (Å²) in [7, 11) is 1.56. The summed E-state index contributed by atoms with van der Waals surface area (Å²) in [6.07, 6.45) is -4.43. The lowest BCUT2D eigenvalue weighted by Crippen LogP contribution is -2.07. The van der Waals surface area contributed by atoms with E-state index < -0.39 is 17.7 Å². The number of halogens is 3. The minimum absolute atomic E-state index is 0.0200. The number of anilines is 2. The second-order valence-corrected chi connectivity index (χ2v) is 5.82. The smallest absolute Gasteiger partial charge is 0.416 e. The number of aromatic carboxylic acids is 1. The highest BCUT2D eigenvalue weighted by atomic mass is 19.4. The zero-order valence-corrected chi connectivity index (χ0v) is 14.2. The van der Waals surface area contributed by atoms with Crippen LogP contribution in [0.1, 0.15) is 21.5 Å². The van der Waals surface area contributed by atoms with E-state index in [0.29, 0.717) is 16.9 Å². The van der Waals surface area contributed by atoms with E-state index in [-0.39, 0.29) is 17.0 Å². The van der Waals surface area contributed by atoms with Gasteiger partial charge < -0.3 is 10.4 Å². The standard InChI is InChI=1S/C17H14F3N5O2/c1-9-7-11(4-5-13(9)17(18,19)20)21-14-6-3-10(16(26)27)8-12(14)15-22-24-25(2)23-15/h3-8,21H,1-2H3,(H,26,27). The molecule has 7 nitrogen and oxygen atoms in total. The van der Waals surface area contributed by atoms with E-state index in [1.165, 1.54) is 42.1 Å². The van der Waals surface area contributed by atoms with Gasteiger partial charge >= 0.3 is 12.1 Å². The molecule has 0 aliphatic carbocycles. The molecular formula is C17H14F3N5O2. The maximum Gasteiger partial charge on any atom is 0.416 e. The van der Waals surface area contributed by atoms with E-state index in [2.05, 4.69) is 20.7 Å². The van der Waals surface area contributed by atoms with E-state index in [0.717, 1.165) is 6.07 Å². The molecule has 1 aromatic heterocycles. The quantitative estimate of drug-likeness (QED) is 0.721. The second kappa shape index (κ2) is 6.71. The molecule has 140 valence electrons. The molecule has 0 aliphatic rings. The number of carbonyl (C=O) groups is 1. The lowest BCUT2D eigenvalue weighted by atomic mass is 10.1. The number of alkyl halides is 3. The number of carboxylic acid groups (broad SMARTS) is 1. The van der Waals surface area contributed by atoms with Crippen molar-refractivity contribution in [1.29, 1.82) is 0 Å². The van der Waals surface area contributed by atoms with Crippen molar-refractivity contribution >= 4 is 17.3 Å². The first-order chi connectivity index (χ1) is 12.6. The van der Waals surface area contributed by atoms with Gasteiger partial charge in [-0.1, -0.05) is 0 Å². The maximum atomic E-state index is 12.9. The van der Waals surface area contributed by atoms with Gasteiger partial charge in [0, 0.05) is 16.9 Å². The Labute approximate surface area is 151 Å². The Balaban J connectivity index is 2.02. The molecule has 0 aliphatic heterocycles. The molecule has 0 amide bonds. The molecule has 27 heavy (non-hydrogen) atoms. The number of rotatable bonds is 4. The van der Waals surface area contributed by atoms with E-state index in [4.69, 9.17) is 0 Å². The van der Waals surface area contributed by atoms with Gasteiger partial charge in [0.1, 0.15) is 0 Å². The first kappa shape index (κ1) is 18.4. The summed E-state index contributed by atoms with van der Waals surface area (Å²) in [4.78, 5) is 12.5. The lowest BCUT2D eigenvalue weighted by molar-refractivity contribution is -0.138. The molecular weight excluding hydrogens is 363 g/mol. The van der Waals surface area contributed by atoms with Crippen molar-refractivity contribution < 1.29 is 23.1 Å². The summed E-state index contributed by atoms with van der Waals surface area (Å²) < 4.78 is 38.7. The van der Waals surface area contributed by atoms with Crippen molar-refractivity contribution in [2.24, 2.45) is 7.05 Å². The van der Waals surface area contributed by atoms with Gasteiger partial charge in [0.15, 0.2) is 0 Å². The van der Waals surface area contributed by atoms with Crippen LogP contribution in [-0.2, 0) is 13.2 Å². The van der Waals surface area contributed by atoms with Gasteiger partial charge in [-0.3, -0.25) is 0 Å². The van der Waals surface area contributed by atoms with Gasteiger partial charge in [-0.25, -0.2) is 4.79 Å². The van der Waals surface area contributed by atoms with Crippen LogP contribution in [0.3, 0.4) is 0 Å². The number of tetrazole rings is 1. The van der Waals surface area contributed by atoms with Crippen LogP contribution in [0.15, 0.2) is 36.4 Å². The van der Waals surface area contributed by atoms with Crippen LogP contribution in [0.4, 0.5) is 24.5 Å². The summed E-state index contributed by atoms with van der Waals surface area (Å²) >= 11 is 0. The topological polar surface area (TPSA) is 92.9 Å². The van der Waals surface area contributed by atoms with Crippen LogP contribution in [0.2, 0.25) is 0 Å². The van der Waals surface area contributed by atoms with Crippen molar-refractivity contribution in [2.75, 3.05) is 5.32 Å². The predicted octanol–water partition coefficient (Wildman–Crippen LogP) is 3.65. The average molecular weight is 377 g/mol. The molecule has 0 saturated heterocycles. The molecule has 0 spiro atoms. The van der Waals surface area contributed by atoms with Gasteiger partial charge in [0.05, 0.1) is 18.2 Å². The SMILES string of the molecule is Cc1cc(Nc2ccc(C(=O)O)cc2-c2nnn(C)n2)ccc1C(F)(F)F. The predicted molar refractivity (Wildman–Crippen MR) is 90.7 cm³/mol. The first-order valence-corrected chi connectivity index (χ1v) is 7.72.